The van der Waals surface area contributed by atoms with Crippen molar-refractivity contribution in [1.82, 2.24) is 0 Å². The van der Waals surface area contributed by atoms with Crippen LogP contribution in [0.15, 0.2) is 42.5 Å². The highest BCUT2D eigenvalue weighted by molar-refractivity contribution is 6.31. The normalized spacial score (nSPS) is 30.7. The maximum Gasteiger partial charge on any atom is 0.119 e. The van der Waals surface area contributed by atoms with Crippen molar-refractivity contribution >= 4 is 11.6 Å². The Morgan fingerprint density at radius 1 is 0.914 bits per heavy atom. The first-order valence-electron chi connectivity index (χ1n) is 12.7. The molecule has 35 heavy (non-hydrogen) atoms. The number of ether oxygens (including phenoxy) is 2. The third kappa shape index (κ3) is 5.24. The zero-order valence-electron chi connectivity index (χ0n) is 19.9. The average molecular weight is 503 g/mol. The Bertz CT molecular complexity index is 995. The molecule has 0 amide bonds. The molecular weight excluding hydrogens is 468 g/mol. The van der Waals surface area contributed by atoms with Gasteiger partial charge in [-0.15, -0.1) is 0 Å². The summed E-state index contributed by atoms with van der Waals surface area (Å²) in [5, 5.41) is 40.7. The molecule has 3 fully saturated rings. The summed E-state index contributed by atoms with van der Waals surface area (Å²) in [6.45, 7) is -0.460. The van der Waals surface area contributed by atoms with E-state index >= 15 is 0 Å². The second kappa shape index (κ2) is 10.4. The van der Waals surface area contributed by atoms with E-state index in [1.807, 2.05) is 30.3 Å². The zero-order chi connectivity index (χ0) is 24.6. The molecule has 0 radical (unpaired) electrons. The second-order valence-corrected chi connectivity index (χ2v) is 11.0. The Hall–Kier alpha value is -1.67. The molecule has 190 valence electrons. The van der Waals surface area contributed by atoms with Crippen LogP contribution in [0.3, 0.4) is 0 Å². The Morgan fingerprint density at radius 3 is 2.31 bits per heavy atom. The highest BCUT2D eigenvalue weighted by atomic mass is 35.5. The van der Waals surface area contributed by atoms with Gasteiger partial charge < -0.3 is 29.9 Å². The highest BCUT2D eigenvalue weighted by Gasteiger charge is 2.46. The second-order valence-electron chi connectivity index (χ2n) is 10.6. The van der Waals surface area contributed by atoms with Gasteiger partial charge in [-0.3, -0.25) is 0 Å². The summed E-state index contributed by atoms with van der Waals surface area (Å²) >= 11 is 6.47. The van der Waals surface area contributed by atoms with Crippen LogP contribution in [0.1, 0.15) is 67.7 Å². The van der Waals surface area contributed by atoms with Crippen LogP contribution in [0.2, 0.25) is 5.02 Å². The van der Waals surface area contributed by atoms with E-state index < -0.39 is 37.1 Å². The first kappa shape index (κ1) is 25.0. The first-order valence-corrected chi connectivity index (χ1v) is 13.1. The highest BCUT2D eigenvalue weighted by Crippen LogP contribution is 2.52. The molecule has 3 aliphatic rings. The summed E-state index contributed by atoms with van der Waals surface area (Å²) in [5.74, 6) is 0.894. The molecular formula is C28H35ClO6. The molecule has 6 nitrogen and oxygen atoms in total. The number of aliphatic hydroxyl groups excluding tert-OH is 4. The minimum atomic E-state index is -1.42. The van der Waals surface area contributed by atoms with E-state index in [0.29, 0.717) is 28.5 Å². The summed E-state index contributed by atoms with van der Waals surface area (Å²) in [7, 11) is 0. The summed E-state index contributed by atoms with van der Waals surface area (Å²) in [6.07, 6.45) is 4.12. The summed E-state index contributed by atoms with van der Waals surface area (Å²) < 4.78 is 11.9. The minimum absolute atomic E-state index is 0.323. The number of halogens is 1. The molecule has 2 aliphatic carbocycles. The fourth-order valence-corrected chi connectivity index (χ4v) is 6.27. The lowest BCUT2D eigenvalue weighted by molar-refractivity contribution is -0.231. The van der Waals surface area contributed by atoms with Gasteiger partial charge in [0.05, 0.1) is 12.7 Å². The predicted octanol–water partition coefficient (Wildman–Crippen LogP) is 3.94. The largest absolute Gasteiger partial charge is 0.490 e. The summed E-state index contributed by atoms with van der Waals surface area (Å²) in [6, 6.07) is 13.4. The van der Waals surface area contributed by atoms with Crippen molar-refractivity contribution < 1.29 is 29.9 Å². The van der Waals surface area contributed by atoms with Crippen molar-refractivity contribution in [3.63, 3.8) is 0 Å². The number of hydrogen-bond donors (Lipinski definition) is 4. The van der Waals surface area contributed by atoms with Gasteiger partial charge in [0.15, 0.2) is 0 Å². The average Bonchev–Trinajstić information content (AvgIpc) is 2.85. The fraction of sp³-hybridized carbons (Fsp3) is 0.571. The van der Waals surface area contributed by atoms with Crippen LogP contribution in [0.5, 0.6) is 5.75 Å². The van der Waals surface area contributed by atoms with Gasteiger partial charge in [-0.2, -0.15) is 0 Å². The molecule has 2 aromatic rings. The summed E-state index contributed by atoms with van der Waals surface area (Å²) in [4.78, 5) is 0. The van der Waals surface area contributed by atoms with Crippen molar-refractivity contribution in [2.75, 3.05) is 6.61 Å². The number of rotatable bonds is 6. The molecule has 1 saturated heterocycles. The van der Waals surface area contributed by atoms with Gasteiger partial charge in [0.1, 0.15) is 36.3 Å². The van der Waals surface area contributed by atoms with Gasteiger partial charge in [-0.05, 0) is 72.4 Å². The Balaban J connectivity index is 1.23. The summed E-state index contributed by atoms with van der Waals surface area (Å²) in [5.41, 5.74) is 3.10. The molecule has 1 spiro atoms. The van der Waals surface area contributed by atoms with Crippen LogP contribution < -0.4 is 4.74 Å². The Kier molecular flexibility index (Phi) is 7.40. The van der Waals surface area contributed by atoms with Crippen LogP contribution in [0.4, 0.5) is 0 Å². The minimum Gasteiger partial charge on any atom is -0.490 e. The molecule has 2 saturated carbocycles. The zero-order valence-corrected chi connectivity index (χ0v) is 20.6. The molecule has 5 rings (SSSR count). The van der Waals surface area contributed by atoms with E-state index in [2.05, 4.69) is 0 Å². The maximum absolute atomic E-state index is 10.5. The van der Waals surface area contributed by atoms with Gasteiger partial charge in [-0.1, -0.05) is 55.1 Å². The van der Waals surface area contributed by atoms with E-state index in [1.54, 1.807) is 12.1 Å². The van der Waals surface area contributed by atoms with E-state index in [1.165, 1.54) is 44.9 Å². The predicted molar refractivity (Wildman–Crippen MR) is 133 cm³/mol. The topological polar surface area (TPSA) is 99.4 Å². The van der Waals surface area contributed by atoms with Crippen molar-refractivity contribution in [1.29, 1.82) is 0 Å². The Morgan fingerprint density at radius 2 is 1.63 bits per heavy atom. The van der Waals surface area contributed by atoms with Crippen LogP contribution in [0.25, 0.3) is 0 Å². The maximum atomic E-state index is 10.5. The smallest absolute Gasteiger partial charge is 0.119 e. The van der Waals surface area contributed by atoms with Crippen LogP contribution in [-0.2, 0) is 11.2 Å². The van der Waals surface area contributed by atoms with Gasteiger partial charge in [0, 0.05) is 5.02 Å². The van der Waals surface area contributed by atoms with E-state index in [9.17, 15) is 20.4 Å². The van der Waals surface area contributed by atoms with Gasteiger partial charge >= 0.3 is 0 Å². The quantitative estimate of drug-likeness (QED) is 0.477. The lowest BCUT2D eigenvalue weighted by atomic mass is 9.59. The van der Waals surface area contributed by atoms with E-state index in [-0.39, 0.29) is 0 Å². The van der Waals surface area contributed by atoms with Gasteiger partial charge in [0.2, 0.25) is 0 Å². The molecule has 5 atom stereocenters. The molecule has 0 bridgehead atoms. The van der Waals surface area contributed by atoms with Crippen molar-refractivity contribution in [3.8, 4) is 5.75 Å². The van der Waals surface area contributed by atoms with Crippen molar-refractivity contribution in [3.05, 3.63) is 64.2 Å². The van der Waals surface area contributed by atoms with Crippen molar-refractivity contribution in [2.24, 2.45) is 5.41 Å². The molecule has 1 aliphatic heterocycles. The van der Waals surface area contributed by atoms with E-state index in [0.717, 1.165) is 16.9 Å². The SMILES string of the molecule is OC[C@H]1O[C@@H](c2ccc(Cl)c(Cc3ccc(OC4CC5(CCCCC5)C4)cc3)c2)[C@H](O)[C@@H](O)[C@@H]1O. The Labute approximate surface area is 211 Å². The van der Waals surface area contributed by atoms with Crippen molar-refractivity contribution in [2.45, 2.75) is 88.0 Å². The monoisotopic (exact) mass is 502 g/mol. The number of aliphatic hydroxyl groups is 4. The molecule has 0 unspecified atom stereocenters. The molecule has 2 aromatic carbocycles. The van der Waals surface area contributed by atoms with E-state index in [4.69, 9.17) is 21.1 Å². The van der Waals surface area contributed by atoms with Gasteiger partial charge in [-0.25, -0.2) is 0 Å². The third-order valence-corrected chi connectivity index (χ3v) is 8.52. The first-order chi connectivity index (χ1) is 16.9. The standard InChI is InChI=1S/C28H35ClO6/c29-22-9-6-18(27-26(33)25(32)24(31)23(16-30)35-27)13-19(22)12-17-4-7-20(8-5-17)34-21-14-28(15-21)10-2-1-3-11-28/h4-9,13,21,23-27,30-33H,1-3,10-12,14-16H2/t23-,24-,25+,26-,27+/m1/s1. The molecule has 1 heterocycles. The number of benzene rings is 2. The van der Waals surface area contributed by atoms with Gasteiger partial charge in [0.25, 0.3) is 0 Å². The van der Waals surface area contributed by atoms with Crippen LogP contribution in [0, 0.1) is 5.41 Å². The number of hydrogen-bond acceptors (Lipinski definition) is 6. The molecule has 7 heteroatoms. The lowest BCUT2D eigenvalue weighted by Crippen LogP contribution is -2.55. The molecule has 0 aromatic heterocycles. The fourth-order valence-electron chi connectivity index (χ4n) is 6.08. The van der Waals surface area contributed by atoms with Crippen LogP contribution in [-0.4, -0.2) is 57.6 Å². The molecule has 4 N–H and O–H groups in total. The lowest BCUT2D eigenvalue weighted by Gasteiger charge is -2.49. The third-order valence-electron chi connectivity index (χ3n) is 8.15. The van der Waals surface area contributed by atoms with Crippen LogP contribution >= 0.6 is 11.6 Å².